The molecule has 0 bridgehead atoms. The number of piperazine rings is 1. The number of methoxy groups -OCH3 is 1. The molecule has 1 aliphatic heterocycles. The van der Waals surface area contributed by atoms with Gasteiger partial charge < -0.3 is 15.0 Å². The Hall–Kier alpha value is -1.80. The van der Waals surface area contributed by atoms with E-state index in [2.05, 4.69) is 5.32 Å². The molecule has 1 saturated heterocycles. The molecule has 140 valence electrons. The second-order valence-corrected chi connectivity index (χ2v) is 8.05. The predicted octanol–water partition coefficient (Wildman–Crippen LogP) is 1.74. The lowest BCUT2D eigenvalue weighted by Gasteiger charge is -2.34. The molecular weight excluding hydrogens is 342 g/mol. The van der Waals surface area contributed by atoms with Crippen LogP contribution in [0.4, 0.5) is 4.79 Å². The summed E-state index contributed by atoms with van der Waals surface area (Å²) in [6.07, 6.45) is 0.871. The van der Waals surface area contributed by atoms with Crippen molar-refractivity contribution in [1.82, 2.24) is 14.5 Å². The molecule has 0 saturated carbocycles. The van der Waals surface area contributed by atoms with E-state index in [1.165, 1.54) is 4.31 Å². The van der Waals surface area contributed by atoms with Crippen LogP contribution in [0.2, 0.25) is 0 Å². The third-order valence-corrected chi connectivity index (χ3v) is 6.62. The zero-order valence-electron chi connectivity index (χ0n) is 15.3. The second kappa shape index (κ2) is 8.05. The minimum absolute atomic E-state index is 0.129. The summed E-state index contributed by atoms with van der Waals surface area (Å²) >= 11 is 0. The number of hydrogen-bond acceptors (Lipinski definition) is 4. The van der Waals surface area contributed by atoms with E-state index in [1.807, 2.05) is 13.8 Å². The topological polar surface area (TPSA) is 79.0 Å². The molecule has 0 radical (unpaired) electrons. The summed E-state index contributed by atoms with van der Waals surface area (Å²) in [5.74, 6) is 0.675. The quantitative estimate of drug-likeness (QED) is 0.857. The number of hydrogen-bond donors (Lipinski definition) is 1. The van der Waals surface area contributed by atoms with Crippen molar-refractivity contribution in [2.45, 2.75) is 32.1 Å². The summed E-state index contributed by atoms with van der Waals surface area (Å²) in [7, 11) is -2.02. The van der Waals surface area contributed by atoms with Gasteiger partial charge in [-0.15, -0.1) is 0 Å². The van der Waals surface area contributed by atoms with E-state index in [-0.39, 0.29) is 6.03 Å². The highest BCUT2D eigenvalue weighted by Crippen LogP contribution is 2.29. The van der Waals surface area contributed by atoms with Gasteiger partial charge in [-0.1, -0.05) is 6.92 Å². The summed E-state index contributed by atoms with van der Waals surface area (Å²) in [6.45, 7) is 7.64. The number of rotatable bonds is 5. The monoisotopic (exact) mass is 369 g/mol. The molecule has 1 heterocycles. The molecule has 1 aliphatic rings. The third kappa shape index (κ3) is 4.07. The van der Waals surface area contributed by atoms with Gasteiger partial charge in [0, 0.05) is 32.7 Å². The average molecular weight is 369 g/mol. The van der Waals surface area contributed by atoms with Crippen molar-refractivity contribution in [3.63, 3.8) is 0 Å². The van der Waals surface area contributed by atoms with Crippen LogP contribution in [0.3, 0.4) is 0 Å². The molecule has 0 atom stereocenters. The highest BCUT2D eigenvalue weighted by atomic mass is 32.2. The fraction of sp³-hybridized carbons (Fsp3) is 0.588. The lowest BCUT2D eigenvalue weighted by atomic mass is 10.1. The number of carbonyl (C=O) groups excluding carboxylic acids is 1. The smallest absolute Gasteiger partial charge is 0.317 e. The Morgan fingerprint density at radius 1 is 1.16 bits per heavy atom. The number of carbonyl (C=O) groups is 1. The van der Waals surface area contributed by atoms with Crippen LogP contribution in [0.15, 0.2) is 17.0 Å². The van der Waals surface area contributed by atoms with Crippen molar-refractivity contribution in [3.05, 3.63) is 23.3 Å². The number of benzene rings is 1. The van der Waals surface area contributed by atoms with Crippen molar-refractivity contribution in [1.29, 1.82) is 0 Å². The number of sulfonamides is 1. The van der Waals surface area contributed by atoms with Crippen molar-refractivity contribution in [2.75, 3.05) is 39.8 Å². The first kappa shape index (κ1) is 19.5. The van der Waals surface area contributed by atoms with E-state index in [1.54, 1.807) is 31.1 Å². The Kier molecular flexibility index (Phi) is 6.29. The van der Waals surface area contributed by atoms with Gasteiger partial charge in [0.05, 0.1) is 12.0 Å². The summed E-state index contributed by atoms with van der Waals surface area (Å²) in [5.41, 5.74) is 1.52. The van der Waals surface area contributed by atoms with E-state index >= 15 is 0 Å². The van der Waals surface area contributed by atoms with Gasteiger partial charge in [0.2, 0.25) is 10.0 Å². The van der Waals surface area contributed by atoms with Gasteiger partial charge in [-0.05, 0) is 43.5 Å². The summed E-state index contributed by atoms with van der Waals surface area (Å²) < 4.78 is 32.7. The van der Waals surface area contributed by atoms with Gasteiger partial charge in [-0.3, -0.25) is 0 Å². The predicted molar refractivity (Wildman–Crippen MR) is 96.5 cm³/mol. The molecule has 7 nitrogen and oxygen atoms in total. The van der Waals surface area contributed by atoms with Crippen molar-refractivity contribution in [2.24, 2.45) is 0 Å². The van der Waals surface area contributed by atoms with Crippen LogP contribution in [0.1, 0.15) is 24.5 Å². The Morgan fingerprint density at radius 3 is 2.36 bits per heavy atom. The third-order valence-electron chi connectivity index (χ3n) is 4.58. The Morgan fingerprint density at radius 2 is 1.80 bits per heavy atom. The largest absolute Gasteiger partial charge is 0.496 e. The zero-order valence-corrected chi connectivity index (χ0v) is 16.1. The lowest BCUT2D eigenvalue weighted by Crippen LogP contribution is -2.53. The van der Waals surface area contributed by atoms with Crippen LogP contribution in [-0.2, 0) is 10.0 Å². The van der Waals surface area contributed by atoms with E-state index in [0.717, 1.165) is 12.0 Å². The number of ether oxygens (including phenoxy) is 1. The molecule has 1 aromatic rings. The van der Waals surface area contributed by atoms with Crippen LogP contribution in [0, 0.1) is 13.8 Å². The van der Waals surface area contributed by atoms with Crippen LogP contribution in [0.25, 0.3) is 0 Å². The molecule has 0 aromatic heterocycles. The maximum Gasteiger partial charge on any atom is 0.317 e. The molecule has 1 aromatic carbocycles. The van der Waals surface area contributed by atoms with E-state index < -0.39 is 10.0 Å². The molecule has 8 heteroatoms. The van der Waals surface area contributed by atoms with Crippen molar-refractivity contribution < 1.29 is 17.9 Å². The second-order valence-electron chi connectivity index (χ2n) is 6.14. The first-order chi connectivity index (χ1) is 11.8. The van der Waals surface area contributed by atoms with E-state index in [0.29, 0.717) is 48.9 Å². The van der Waals surface area contributed by atoms with Crippen LogP contribution in [0.5, 0.6) is 5.75 Å². The van der Waals surface area contributed by atoms with Gasteiger partial charge in [0.1, 0.15) is 5.75 Å². The molecule has 0 aliphatic carbocycles. The number of amides is 2. The van der Waals surface area contributed by atoms with Gasteiger partial charge in [-0.2, -0.15) is 4.31 Å². The minimum atomic E-state index is -3.59. The van der Waals surface area contributed by atoms with Crippen LogP contribution in [-0.4, -0.2) is 63.5 Å². The van der Waals surface area contributed by atoms with Crippen LogP contribution < -0.4 is 10.1 Å². The van der Waals surface area contributed by atoms with Crippen molar-refractivity contribution >= 4 is 16.1 Å². The molecule has 1 fully saturated rings. The first-order valence-corrected chi connectivity index (χ1v) is 9.94. The van der Waals surface area contributed by atoms with Gasteiger partial charge >= 0.3 is 6.03 Å². The maximum atomic E-state index is 13.0. The summed E-state index contributed by atoms with van der Waals surface area (Å²) in [6, 6.07) is 3.15. The number of nitrogens with zero attached hydrogens (tertiary/aromatic N) is 2. The van der Waals surface area contributed by atoms with Gasteiger partial charge in [-0.25, -0.2) is 13.2 Å². The SMILES string of the molecule is CCCNC(=O)N1CCN(S(=O)(=O)c2ccc(OC)c(C)c2C)CC1. The fourth-order valence-corrected chi connectivity index (χ4v) is 4.59. The lowest BCUT2D eigenvalue weighted by molar-refractivity contribution is 0.172. The molecule has 2 amide bonds. The minimum Gasteiger partial charge on any atom is -0.496 e. The fourth-order valence-electron chi connectivity index (χ4n) is 2.89. The molecule has 1 N–H and O–H groups in total. The zero-order chi connectivity index (χ0) is 18.6. The molecule has 0 spiro atoms. The Balaban J connectivity index is 2.12. The van der Waals surface area contributed by atoms with Crippen LogP contribution >= 0.6 is 0 Å². The van der Waals surface area contributed by atoms with Crippen molar-refractivity contribution in [3.8, 4) is 5.75 Å². The number of nitrogens with one attached hydrogen (secondary N) is 1. The van der Waals surface area contributed by atoms with Gasteiger partial charge in [0.25, 0.3) is 0 Å². The molecule has 25 heavy (non-hydrogen) atoms. The Labute approximate surface area is 150 Å². The summed E-state index contributed by atoms with van der Waals surface area (Å²) in [4.78, 5) is 13.9. The standard InChI is InChI=1S/C17H27N3O4S/c1-5-8-18-17(21)19-9-11-20(12-10-19)25(22,23)16-7-6-15(24-4)13(2)14(16)3/h6-7H,5,8-12H2,1-4H3,(H,18,21). The average Bonchev–Trinajstić information content (AvgIpc) is 2.61. The Bertz CT molecular complexity index is 726. The first-order valence-electron chi connectivity index (χ1n) is 8.50. The highest BCUT2D eigenvalue weighted by molar-refractivity contribution is 7.89. The number of urea groups is 1. The highest BCUT2D eigenvalue weighted by Gasteiger charge is 2.31. The van der Waals surface area contributed by atoms with Gasteiger partial charge in [0.15, 0.2) is 0 Å². The molecule has 2 rings (SSSR count). The molecular formula is C17H27N3O4S. The molecule has 0 unspecified atom stereocenters. The van der Waals surface area contributed by atoms with E-state index in [9.17, 15) is 13.2 Å². The summed E-state index contributed by atoms with van der Waals surface area (Å²) in [5, 5.41) is 2.82. The maximum absolute atomic E-state index is 13.0. The normalized spacial score (nSPS) is 15.9. The van der Waals surface area contributed by atoms with E-state index in [4.69, 9.17) is 4.74 Å².